The van der Waals surface area contributed by atoms with Gasteiger partial charge in [-0.05, 0) is 35.8 Å². The standard InChI is InChI=1S/C15H11BrN4/c1-9-14(16)10(2)20(19-9)15-11(7-17)8-18-13-6-4-3-5-12(13)15/h3-6,8H,1-2H3. The molecule has 5 heteroatoms. The molecular formula is C15H11BrN4. The second-order valence-electron chi connectivity index (χ2n) is 4.55. The summed E-state index contributed by atoms with van der Waals surface area (Å²) in [7, 11) is 0. The molecule has 0 aliphatic carbocycles. The molecule has 2 heterocycles. The second-order valence-corrected chi connectivity index (χ2v) is 5.34. The SMILES string of the molecule is Cc1nn(-c2c(C#N)cnc3ccccc23)c(C)c1Br. The van der Waals surface area contributed by atoms with Crippen molar-refractivity contribution in [3.63, 3.8) is 0 Å². The minimum absolute atomic E-state index is 0.516. The van der Waals surface area contributed by atoms with Gasteiger partial charge in [0.2, 0.25) is 0 Å². The maximum Gasteiger partial charge on any atom is 0.103 e. The highest BCUT2D eigenvalue weighted by molar-refractivity contribution is 9.10. The summed E-state index contributed by atoms with van der Waals surface area (Å²) in [6.07, 6.45) is 1.60. The van der Waals surface area contributed by atoms with Gasteiger partial charge < -0.3 is 0 Å². The molecule has 0 radical (unpaired) electrons. The Labute approximate surface area is 124 Å². The molecule has 3 aromatic rings. The number of hydrogen-bond acceptors (Lipinski definition) is 3. The lowest BCUT2D eigenvalue weighted by atomic mass is 10.1. The highest BCUT2D eigenvalue weighted by atomic mass is 79.9. The molecule has 0 N–H and O–H groups in total. The number of fused-ring (bicyclic) bond motifs is 1. The Kier molecular flexibility index (Phi) is 3.03. The summed E-state index contributed by atoms with van der Waals surface area (Å²) in [5, 5.41) is 14.8. The topological polar surface area (TPSA) is 54.5 Å². The van der Waals surface area contributed by atoms with E-state index in [1.54, 1.807) is 6.20 Å². The van der Waals surface area contributed by atoms with E-state index in [1.165, 1.54) is 0 Å². The van der Waals surface area contributed by atoms with E-state index in [0.717, 1.165) is 32.5 Å². The molecular weight excluding hydrogens is 316 g/mol. The summed E-state index contributed by atoms with van der Waals surface area (Å²) in [6.45, 7) is 3.91. The van der Waals surface area contributed by atoms with Gasteiger partial charge in [0.05, 0.1) is 32.6 Å². The zero-order valence-electron chi connectivity index (χ0n) is 11.1. The van der Waals surface area contributed by atoms with Gasteiger partial charge in [0.1, 0.15) is 6.07 Å². The van der Waals surface area contributed by atoms with E-state index < -0.39 is 0 Å². The quantitative estimate of drug-likeness (QED) is 0.685. The third kappa shape index (κ3) is 1.81. The molecule has 0 fully saturated rings. The average molecular weight is 327 g/mol. The highest BCUT2D eigenvalue weighted by Crippen LogP contribution is 2.28. The molecule has 2 aromatic heterocycles. The minimum Gasteiger partial charge on any atom is -0.255 e. The number of nitrogens with zero attached hydrogens (tertiary/aromatic N) is 4. The van der Waals surface area contributed by atoms with Crippen molar-refractivity contribution in [3.8, 4) is 11.8 Å². The average Bonchev–Trinajstić information content (AvgIpc) is 2.73. The maximum absolute atomic E-state index is 9.36. The van der Waals surface area contributed by atoms with Gasteiger partial charge >= 0.3 is 0 Å². The van der Waals surface area contributed by atoms with E-state index in [4.69, 9.17) is 0 Å². The van der Waals surface area contributed by atoms with Crippen LogP contribution in [-0.2, 0) is 0 Å². The fraction of sp³-hybridized carbons (Fsp3) is 0.133. The molecule has 4 nitrogen and oxygen atoms in total. The summed E-state index contributed by atoms with van der Waals surface area (Å²) in [6, 6.07) is 9.97. The lowest BCUT2D eigenvalue weighted by Crippen LogP contribution is -2.04. The number of nitriles is 1. The summed E-state index contributed by atoms with van der Waals surface area (Å²) in [4.78, 5) is 4.32. The third-order valence-electron chi connectivity index (χ3n) is 3.28. The van der Waals surface area contributed by atoms with E-state index in [1.807, 2.05) is 42.8 Å². The van der Waals surface area contributed by atoms with Crippen molar-refractivity contribution in [1.82, 2.24) is 14.8 Å². The summed E-state index contributed by atoms with van der Waals surface area (Å²) >= 11 is 3.53. The first-order valence-electron chi connectivity index (χ1n) is 6.13. The Morgan fingerprint density at radius 2 is 2.00 bits per heavy atom. The Hall–Kier alpha value is -2.19. The number of para-hydroxylation sites is 1. The van der Waals surface area contributed by atoms with Crippen LogP contribution in [0.25, 0.3) is 16.6 Å². The maximum atomic E-state index is 9.36. The monoisotopic (exact) mass is 326 g/mol. The zero-order valence-corrected chi connectivity index (χ0v) is 12.6. The van der Waals surface area contributed by atoms with Gasteiger partial charge in [0.15, 0.2) is 0 Å². The first-order chi connectivity index (χ1) is 9.63. The summed E-state index contributed by atoms with van der Waals surface area (Å²) in [5.41, 5.74) is 4.01. The summed E-state index contributed by atoms with van der Waals surface area (Å²) < 4.78 is 2.77. The van der Waals surface area contributed by atoms with Crippen molar-refractivity contribution >= 4 is 26.8 Å². The molecule has 0 unspecified atom stereocenters. The lowest BCUT2D eigenvalue weighted by Gasteiger charge is -2.10. The number of benzene rings is 1. The number of halogens is 1. The van der Waals surface area contributed by atoms with Gasteiger partial charge in [-0.25, -0.2) is 4.68 Å². The molecule has 0 spiro atoms. The highest BCUT2D eigenvalue weighted by Gasteiger charge is 2.16. The molecule has 0 saturated heterocycles. The largest absolute Gasteiger partial charge is 0.255 e. The molecule has 20 heavy (non-hydrogen) atoms. The van der Waals surface area contributed by atoms with Crippen LogP contribution in [0.15, 0.2) is 34.9 Å². The third-order valence-corrected chi connectivity index (χ3v) is 4.43. The predicted octanol–water partition coefficient (Wildman–Crippen LogP) is 3.67. The van der Waals surface area contributed by atoms with Crippen LogP contribution in [0, 0.1) is 25.2 Å². The van der Waals surface area contributed by atoms with E-state index in [-0.39, 0.29) is 0 Å². The van der Waals surface area contributed by atoms with Gasteiger partial charge in [-0.1, -0.05) is 18.2 Å². The zero-order chi connectivity index (χ0) is 14.3. The number of rotatable bonds is 1. The Bertz CT molecular complexity index is 858. The molecule has 3 rings (SSSR count). The normalized spacial score (nSPS) is 10.7. The number of aryl methyl sites for hydroxylation is 1. The fourth-order valence-corrected chi connectivity index (χ4v) is 2.53. The fourth-order valence-electron chi connectivity index (χ4n) is 2.28. The van der Waals surface area contributed by atoms with Crippen molar-refractivity contribution in [2.45, 2.75) is 13.8 Å². The van der Waals surface area contributed by atoms with Crippen LogP contribution in [0.5, 0.6) is 0 Å². The van der Waals surface area contributed by atoms with Crippen molar-refractivity contribution in [2.24, 2.45) is 0 Å². The van der Waals surface area contributed by atoms with Crippen molar-refractivity contribution in [1.29, 1.82) is 5.26 Å². The number of aromatic nitrogens is 3. The van der Waals surface area contributed by atoms with Gasteiger partial charge in [0, 0.05) is 11.6 Å². The molecule has 0 aliphatic heterocycles. The van der Waals surface area contributed by atoms with E-state index >= 15 is 0 Å². The van der Waals surface area contributed by atoms with Crippen LogP contribution in [0.1, 0.15) is 17.0 Å². The van der Waals surface area contributed by atoms with Gasteiger partial charge in [-0.15, -0.1) is 0 Å². The van der Waals surface area contributed by atoms with Gasteiger partial charge in [-0.3, -0.25) is 4.98 Å². The Morgan fingerprint density at radius 1 is 1.25 bits per heavy atom. The van der Waals surface area contributed by atoms with E-state index in [2.05, 4.69) is 32.1 Å². The van der Waals surface area contributed by atoms with Crippen LogP contribution in [0.2, 0.25) is 0 Å². The van der Waals surface area contributed by atoms with Crippen LogP contribution >= 0.6 is 15.9 Å². The number of hydrogen-bond donors (Lipinski definition) is 0. The van der Waals surface area contributed by atoms with Gasteiger partial charge in [-0.2, -0.15) is 10.4 Å². The Morgan fingerprint density at radius 3 is 2.65 bits per heavy atom. The second kappa shape index (κ2) is 4.73. The molecule has 0 saturated carbocycles. The minimum atomic E-state index is 0.516. The predicted molar refractivity (Wildman–Crippen MR) is 80.8 cm³/mol. The number of pyridine rings is 1. The first-order valence-corrected chi connectivity index (χ1v) is 6.92. The summed E-state index contributed by atoms with van der Waals surface area (Å²) in [5.74, 6) is 0. The van der Waals surface area contributed by atoms with Crippen molar-refractivity contribution in [2.75, 3.05) is 0 Å². The smallest absolute Gasteiger partial charge is 0.103 e. The van der Waals surface area contributed by atoms with Crippen LogP contribution < -0.4 is 0 Å². The Balaban J connectivity index is 2.45. The molecule has 0 atom stereocenters. The van der Waals surface area contributed by atoms with Crippen LogP contribution in [0.3, 0.4) is 0 Å². The van der Waals surface area contributed by atoms with E-state index in [0.29, 0.717) is 5.56 Å². The van der Waals surface area contributed by atoms with Crippen molar-refractivity contribution < 1.29 is 0 Å². The van der Waals surface area contributed by atoms with Crippen LogP contribution in [-0.4, -0.2) is 14.8 Å². The van der Waals surface area contributed by atoms with Crippen LogP contribution in [0.4, 0.5) is 0 Å². The molecule has 0 bridgehead atoms. The molecule has 0 amide bonds. The molecule has 98 valence electrons. The molecule has 1 aromatic carbocycles. The van der Waals surface area contributed by atoms with E-state index in [9.17, 15) is 5.26 Å². The first kappa shape index (κ1) is 12.8. The van der Waals surface area contributed by atoms with Gasteiger partial charge in [0.25, 0.3) is 0 Å². The van der Waals surface area contributed by atoms with Crippen molar-refractivity contribution in [3.05, 3.63) is 51.9 Å². The molecule has 0 aliphatic rings. The lowest BCUT2D eigenvalue weighted by molar-refractivity contribution is 0.836.